The molecule has 0 spiro atoms. The summed E-state index contributed by atoms with van der Waals surface area (Å²) in [5.41, 5.74) is 0.815. The molecule has 3 aromatic heterocycles. The lowest BCUT2D eigenvalue weighted by Gasteiger charge is -2.01. The predicted molar refractivity (Wildman–Crippen MR) is 80.9 cm³/mol. The number of ether oxygens (including phenoxy) is 1. The fourth-order valence-electron chi connectivity index (χ4n) is 2.08. The predicted octanol–water partition coefficient (Wildman–Crippen LogP) is 1.33. The van der Waals surface area contributed by atoms with E-state index in [1.807, 2.05) is 0 Å². The number of aromatic nitrogens is 4. The monoisotopic (exact) mass is 312 g/mol. The summed E-state index contributed by atoms with van der Waals surface area (Å²) in [6.07, 6.45) is 4.29. The molecule has 0 radical (unpaired) electrons. The van der Waals surface area contributed by atoms with Gasteiger partial charge in [0.15, 0.2) is 5.82 Å². The third kappa shape index (κ3) is 2.69. The number of rotatable bonds is 4. The summed E-state index contributed by atoms with van der Waals surface area (Å²) in [6, 6.07) is 6.18. The Morgan fingerprint density at radius 3 is 2.78 bits per heavy atom. The van der Waals surface area contributed by atoms with Crippen molar-refractivity contribution in [2.24, 2.45) is 0 Å². The summed E-state index contributed by atoms with van der Waals surface area (Å²) < 4.78 is 6.28. The van der Waals surface area contributed by atoms with Gasteiger partial charge in [0.05, 0.1) is 18.2 Å². The summed E-state index contributed by atoms with van der Waals surface area (Å²) in [5, 5.41) is 11.7. The summed E-state index contributed by atoms with van der Waals surface area (Å²) in [6.45, 7) is 0. The average molecular weight is 312 g/mol. The molecule has 3 aromatic rings. The van der Waals surface area contributed by atoms with Crippen molar-refractivity contribution in [1.82, 2.24) is 19.7 Å². The average Bonchev–Trinajstić information content (AvgIpc) is 2.96. The summed E-state index contributed by atoms with van der Waals surface area (Å²) >= 11 is 0. The van der Waals surface area contributed by atoms with Crippen molar-refractivity contribution in [1.29, 1.82) is 0 Å². The number of nitrogens with zero attached hydrogens (tertiary/aromatic N) is 3. The van der Waals surface area contributed by atoms with Crippen molar-refractivity contribution < 1.29 is 14.6 Å². The molecule has 0 saturated carbocycles. The van der Waals surface area contributed by atoms with Crippen molar-refractivity contribution in [3.63, 3.8) is 0 Å². The molecule has 0 unspecified atom stereocenters. The Balaban J connectivity index is 2.02. The van der Waals surface area contributed by atoms with Crippen molar-refractivity contribution in [3.05, 3.63) is 58.8 Å². The summed E-state index contributed by atoms with van der Waals surface area (Å²) in [4.78, 5) is 31.3. The van der Waals surface area contributed by atoms with E-state index in [4.69, 9.17) is 9.84 Å². The van der Waals surface area contributed by atoms with Crippen molar-refractivity contribution >= 4 is 5.97 Å². The van der Waals surface area contributed by atoms with Crippen LogP contribution in [0.5, 0.6) is 5.88 Å². The second-order valence-corrected chi connectivity index (χ2v) is 4.62. The van der Waals surface area contributed by atoms with Gasteiger partial charge >= 0.3 is 5.97 Å². The largest absolute Gasteiger partial charge is 0.481 e. The molecule has 0 aliphatic heterocycles. The van der Waals surface area contributed by atoms with Crippen molar-refractivity contribution in [3.8, 4) is 22.8 Å². The Bertz CT molecular complexity index is 912. The molecule has 2 N–H and O–H groups in total. The van der Waals surface area contributed by atoms with Crippen LogP contribution in [0.2, 0.25) is 0 Å². The van der Waals surface area contributed by atoms with Crippen LogP contribution in [0, 0.1) is 0 Å². The number of pyridine rings is 2. The highest BCUT2D eigenvalue weighted by molar-refractivity contribution is 5.87. The number of nitrogens with one attached hydrogen (secondary N) is 1. The molecule has 8 nitrogen and oxygen atoms in total. The van der Waals surface area contributed by atoms with Crippen LogP contribution < -0.4 is 10.3 Å². The van der Waals surface area contributed by atoms with E-state index in [-0.39, 0.29) is 11.1 Å². The van der Waals surface area contributed by atoms with Gasteiger partial charge in [0.25, 0.3) is 5.56 Å². The molecule has 0 fully saturated rings. The van der Waals surface area contributed by atoms with E-state index >= 15 is 0 Å². The van der Waals surface area contributed by atoms with Gasteiger partial charge in [-0.05, 0) is 23.8 Å². The maximum absolute atomic E-state index is 12.5. The summed E-state index contributed by atoms with van der Waals surface area (Å²) in [5.74, 6) is -0.377. The maximum Gasteiger partial charge on any atom is 0.337 e. The van der Waals surface area contributed by atoms with Gasteiger partial charge in [0.2, 0.25) is 5.88 Å². The van der Waals surface area contributed by atoms with Gasteiger partial charge in [-0.3, -0.25) is 9.89 Å². The van der Waals surface area contributed by atoms with Crippen LogP contribution in [0.3, 0.4) is 0 Å². The normalized spacial score (nSPS) is 10.5. The third-order valence-corrected chi connectivity index (χ3v) is 3.25. The molecule has 0 saturated heterocycles. The van der Waals surface area contributed by atoms with Crippen LogP contribution >= 0.6 is 0 Å². The van der Waals surface area contributed by atoms with Gasteiger partial charge in [-0.2, -0.15) is 0 Å². The van der Waals surface area contributed by atoms with Crippen molar-refractivity contribution in [2.45, 2.75) is 0 Å². The van der Waals surface area contributed by atoms with Crippen LogP contribution in [0.15, 0.2) is 47.7 Å². The van der Waals surface area contributed by atoms with Gasteiger partial charge in [0.1, 0.15) is 0 Å². The zero-order valence-corrected chi connectivity index (χ0v) is 12.1. The molecule has 0 amide bonds. The molecular formula is C15H12N4O4. The number of carbonyl (C=O) groups is 1. The topological polar surface area (TPSA) is 110 Å². The zero-order valence-electron chi connectivity index (χ0n) is 12.1. The van der Waals surface area contributed by atoms with E-state index in [0.29, 0.717) is 22.8 Å². The van der Waals surface area contributed by atoms with Crippen LogP contribution in [0.1, 0.15) is 10.4 Å². The number of methoxy groups -OCH3 is 1. The van der Waals surface area contributed by atoms with Gasteiger partial charge in [-0.1, -0.05) is 0 Å². The Labute approximate surface area is 130 Å². The highest BCUT2D eigenvalue weighted by Gasteiger charge is 2.12. The SMILES string of the molecule is COc1cc(-c2c[nH]n(-c3ccc(C(=O)O)cn3)c2=O)ccn1. The number of aromatic amines is 1. The first kappa shape index (κ1) is 14.5. The van der Waals surface area contributed by atoms with Gasteiger partial charge in [0, 0.05) is 24.7 Å². The molecule has 0 bridgehead atoms. The van der Waals surface area contributed by atoms with Crippen LogP contribution in [-0.4, -0.2) is 37.9 Å². The Kier molecular flexibility index (Phi) is 3.63. The van der Waals surface area contributed by atoms with E-state index in [1.165, 1.54) is 30.1 Å². The highest BCUT2D eigenvalue weighted by Crippen LogP contribution is 2.19. The molecule has 3 heterocycles. The lowest BCUT2D eigenvalue weighted by Crippen LogP contribution is -2.17. The smallest absolute Gasteiger partial charge is 0.337 e. The molecule has 23 heavy (non-hydrogen) atoms. The molecule has 3 rings (SSSR count). The van der Waals surface area contributed by atoms with Crippen LogP contribution in [0.4, 0.5) is 0 Å². The van der Waals surface area contributed by atoms with E-state index in [9.17, 15) is 9.59 Å². The number of hydrogen-bond acceptors (Lipinski definition) is 5. The quantitative estimate of drug-likeness (QED) is 0.752. The fraction of sp³-hybridized carbons (Fsp3) is 0.0667. The fourth-order valence-corrected chi connectivity index (χ4v) is 2.08. The maximum atomic E-state index is 12.5. The third-order valence-electron chi connectivity index (χ3n) is 3.25. The molecule has 0 aromatic carbocycles. The van der Waals surface area contributed by atoms with Crippen LogP contribution in [-0.2, 0) is 0 Å². The first-order valence-corrected chi connectivity index (χ1v) is 6.60. The van der Waals surface area contributed by atoms with E-state index < -0.39 is 5.97 Å². The lowest BCUT2D eigenvalue weighted by molar-refractivity contribution is 0.0696. The summed E-state index contributed by atoms with van der Waals surface area (Å²) in [7, 11) is 1.50. The molecule has 0 aliphatic rings. The molecular weight excluding hydrogens is 300 g/mol. The van der Waals surface area contributed by atoms with E-state index in [0.717, 1.165) is 0 Å². The minimum atomic E-state index is -1.08. The molecule has 0 atom stereocenters. The van der Waals surface area contributed by atoms with Gasteiger partial charge in [-0.15, -0.1) is 0 Å². The van der Waals surface area contributed by atoms with E-state index in [2.05, 4.69) is 15.1 Å². The van der Waals surface area contributed by atoms with Crippen LogP contribution in [0.25, 0.3) is 16.9 Å². The number of carboxylic acid groups (broad SMARTS) is 1. The second kappa shape index (κ2) is 5.76. The molecule has 116 valence electrons. The number of carboxylic acids is 1. The Morgan fingerprint density at radius 1 is 1.30 bits per heavy atom. The first-order valence-electron chi connectivity index (χ1n) is 6.60. The van der Waals surface area contributed by atoms with E-state index in [1.54, 1.807) is 24.5 Å². The first-order chi connectivity index (χ1) is 11.1. The standard InChI is InChI=1S/C15H12N4O4/c1-23-13-6-9(4-5-16-13)11-8-18-19(14(11)20)12-3-2-10(7-17-12)15(21)22/h2-8,18H,1H3,(H,21,22). The molecule has 8 heteroatoms. The van der Waals surface area contributed by atoms with Gasteiger partial charge < -0.3 is 9.84 Å². The molecule has 0 aliphatic carbocycles. The lowest BCUT2D eigenvalue weighted by atomic mass is 10.1. The van der Waals surface area contributed by atoms with Gasteiger partial charge in [-0.25, -0.2) is 19.4 Å². The van der Waals surface area contributed by atoms with Crippen molar-refractivity contribution in [2.75, 3.05) is 7.11 Å². The number of aromatic carboxylic acids is 1. The Hall–Kier alpha value is -3.42. The second-order valence-electron chi connectivity index (χ2n) is 4.62. The minimum absolute atomic E-state index is 0.0486. The minimum Gasteiger partial charge on any atom is -0.481 e. The Morgan fingerprint density at radius 2 is 2.13 bits per heavy atom. The zero-order chi connectivity index (χ0) is 16.4. The highest BCUT2D eigenvalue weighted by atomic mass is 16.5. The number of H-pyrrole nitrogens is 1. The number of hydrogen-bond donors (Lipinski definition) is 2.